The molecule has 0 heterocycles. The topological polar surface area (TPSA) is 37.3 Å². The van der Waals surface area contributed by atoms with Gasteiger partial charge in [-0.25, -0.2) is 0 Å². The Kier molecular flexibility index (Phi) is 9.13. The summed E-state index contributed by atoms with van der Waals surface area (Å²) >= 11 is 0. The second-order valence-corrected chi connectivity index (χ2v) is 5.89. The Morgan fingerprint density at radius 2 is 1.56 bits per heavy atom. The fraction of sp³-hybridized carbons (Fsp3) is 0.938. The van der Waals surface area contributed by atoms with Gasteiger partial charge in [0.05, 0.1) is 5.41 Å². The summed E-state index contributed by atoms with van der Waals surface area (Å²) < 4.78 is 0. The van der Waals surface area contributed by atoms with Gasteiger partial charge in [0.25, 0.3) is 0 Å². The standard InChI is InChI=1S/C16H32O2/c1-5-7-8-9-10-11-12-13-14(3)16(4,6-2)15(17)18/h14H,5-13H2,1-4H3,(H,17,18). The van der Waals surface area contributed by atoms with Gasteiger partial charge in [-0.05, 0) is 25.7 Å². The van der Waals surface area contributed by atoms with Crippen LogP contribution in [0.1, 0.15) is 85.5 Å². The monoisotopic (exact) mass is 256 g/mol. The lowest BCUT2D eigenvalue weighted by atomic mass is 9.73. The molecule has 0 bridgehead atoms. The lowest BCUT2D eigenvalue weighted by Crippen LogP contribution is -2.33. The number of hydrogen-bond donors (Lipinski definition) is 1. The van der Waals surface area contributed by atoms with Crippen LogP contribution in [0.25, 0.3) is 0 Å². The van der Waals surface area contributed by atoms with Gasteiger partial charge in [0.15, 0.2) is 0 Å². The first-order valence-corrected chi connectivity index (χ1v) is 7.72. The van der Waals surface area contributed by atoms with E-state index in [0.29, 0.717) is 0 Å². The van der Waals surface area contributed by atoms with Gasteiger partial charge in [-0.2, -0.15) is 0 Å². The maximum Gasteiger partial charge on any atom is 0.309 e. The van der Waals surface area contributed by atoms with Gasteiger partial charge in [-0.1, -0.05) is 65.7 Å². The molecule has 2 unspecified atom stereocenters. The fourth-order valence-electron chi connectivity index (χ4n) is 2.44. The van der Waals surface area contributed by atoms with Gasteiger partial charge in [0, 0.05) is 0 Å². The van der Waals surface area contributed by atoms with E-state index in [0.717, 1.165) is 12.8 Å². The molecule has 0 rings (SSSR count). The molecule has 0 saturated heterocycles. The fourth-order valence-corrected chi connectivity index (χ4v) is 2.44. The van der Waals surface area contributed by atoms with E-state index >= 15 is 0 Å². The third-order valence-corrected chi connectivity index (χ3v) is 4.55. The summed E-state index contributed by atoms with van der Waals surface area (Å²) in [6, 6.07) is 0. The van der Waals surface area contributed by atoms with Crippen LogP contribution in [0.15, 0.2) is 0 Å². The van der Waals surface area contributed by atoms with Crippen molar-refractivity contribution in [3.8, 4) is 0 Å². The minimum atomic E-state index is -0.638. The summed E-state index contributed by atoms with van der Waals surface area (Å²) in [4.78, 5) is 11.3. The Labute approximate surface area is 113 Å². The van der Waals surface area contributed by atoms with Crippen molar-refractivity contribution in [2.45, 2.75) is 85.5 Å². The Morgan fingerprint density at radius 1 is 1.06 bits per heavy atom. The van der Waals surface area contributed by atoms with E-state index in [1.54, 1.807) is 0 Å². The van der Waals surface area contributed by atoms with E-state index in [4.69, 9.17) is 0 Å². The third kappa shape index (κ3) is 5.88. The van der Waals surface area contributed by atoms with E-state index in [9.17, 15) is 9.90 Å². The molecule has 0 aliphatic rings. The average Bonchev–Trinajstić information content (AvgIpc) is 2.36. The number of carboxylic acid groups (broad SMARTS) is 1. The van der Waals surface area contributed by atoms with Crippen LogP contribution in [0.2, 0.25) is 0 Å². The summed E-state index contributed by atoms with van der Waals surface area (Å²) in [5.74, 6) is -0.365. The number of carbonyl (C=O) groups is 1. The maximum atomic E-state index is 11.3. The molecule has 18 heavy (non-hydrogen) atoms. The molecule has 108 valence electrons. The maximum absolute atomic E-state index is 11.3. The molecule has 0 spiro atoms. The Balaban J connectivity index is 3.76. The molecule has 2 nitrogen and oxygen atoms in total. The summed E-state index contributed by atoms with van der Waals surface area (Å²) in [6.45, 7) is 8.20. The van der Waals surface area contributed by atoms with Gasteiger partial charge in [0.1, 0.15) is 0 Å². The molecule has 0 saturated carbocycles. The third-order valence-electron chi connectivity index (χ3n) is 4.55. The molecule has 1 N–H and O–H groups in total. The van der Waals surface area contributed by atoms with Crippen molar-refractivity contribution < 1.29 is 9.90 Å². The Bertz CT molecular complexity index is 225. The SMILES string of the molecule is CCCCCCCCCC(C)C(C)(CC)C(=O)O. The second kappa shape index (κ2) is 9.41. The smallest absolute Gasteiger partial charge is 0.309 e. The first-order chi connectivity index (χ1) is 8.49. The van der Waals surface area contributed by atoms with E-state index in [-0.39, 0.29) is 5.92 Å². The van der Waals surface area contributed by atoms with E-state index in [1.165, 1.54) is 44.9 Å². The van der Waals surface area contributed by atoms with Crippen molar-refractivity contribution in [1.29, 1.82) is 0 Å². The van der Waals surface area contributed by atoms with Crippen molar-refractivity contribution in [1.82, 2.24) is 0 Å². The normalized spacial score (nSPS) is 16.2. The van der Waals surface area contributed by atoms with Crippen molar-refractivity contribution in [2.75, 3.05) is 0 Å². The molecular weight excluding hydrogens is 224 g/mol. The summed E-state index contributed by atoms with van der Waals surface area (Å²) in [7, 11) is 0. The molecule has 2 atom stereocenters. The first kappa shape index (κ1) is 17.5. The van der Waals surface area contributed by atoms with E-state index < -0.39 is 11.4 Å². The lowest BCUT2D eigenvalue weighted by molar-refractivity contribution is -0.151. The Morgan fingerprint density at radius 3 is 2.00 bits per heavy atom. The zero-order valence-corrected chi connectivity index (χ0v) is 12.8. The highest BCUT2D eigenvalue weighted by Gasteiger charge is 2.36. The molecule has 0 aromatic heterocycles. The van der Waals surface area contributed by atoms with Crippen LogP contribution >= 0.6 is 0 Å². The largest absolute Gasteiger partial charge is 0.481 e. The van der Waals surface area contributed by atoms with Gasteiger partial charge in [-0.3, -0.25) is 4.79 Å². The van der Waals surface area contributed by atoms with Crippen LogP contribution in [0.5, 0.6) is 0 Å². The molecule has 0 fully saturated rings. The second-order valence-electron chi connectivity index (χ2n) is 5.89. The van der Waals surface area contributed by atoms with Crippen LogP contribution in [0, 0.1) is 11.3 Å². The molecule has 0 aliphatic heterocycles. The molecule has 0 radical (unpaired) electrons. The number of hydrogen-bond acceptors (Lipinski definition) is 1. The Hall–Kier alpha value is -0.530. The van der Waals surface area contributed by atoms with E-state index in [1.807, 2.05) is 13.8 Å². The quantitative estimate of drug-likeness (QED) is 0.512. The highest BCUT2D eigenvalue weighted by atomic mass is 16.4. The summed E-state index contributed by atoms with van der Waals surface area (Å²) in [6.07, 6.45) is 10.9. The van der Waals surface area contributed by atoms with Gasteiger partial charge in [-0.15, -0.1) is 0 Å². The zero-order chi connectivity index (χ0) is 14.0. The average molecular weight is 256 g/mol. The van der Waals surface area contributed by atoms with Gasteiger partial charge >= 0.3 is 5.97 Å². The van der Waals surface area contributed by atoms with Crippen molar-refractivity contribution in [3.05, 3.63) is 0 Å². The summed E-state index contributed by atoms with van der Waals surface area (Å²) in [5.41, 5.74) is -0.539. The van der Waals surface area contributed by atoms with Crippen LogP contribution < -0.4 is 0 Å². The van der Waals surface area contributed by atoms with Crippen LogP contribution in [0.4, 0.5) is 0 Å². The number of unbranched alkanes of at least 4 members (excludes halogenated alkanes) is 6. The molecule has 0 aliphatic carbocycles. The minimum absolute atomic E-state index is 0.274. The molecule has 0 aromatic carbocycles. The molecular formula is C16H32O2. The van der Waals surface area contributed by atoms with Gasteiger partial charge < -0.3 is 5.11 Å². The predicted molar refractivity (Wildman–Crippen MR) is 77.8 cm³/mol. The van der Waals surface area contributed by atoms with E-state index in [2.05, 4.69) is 13.8 Å². The summed E-state index contributed by atoms with van der Waals surface area (Å²) in [5, 5.41) is 9.30. The zero-order valence-electron chi connectivity index (χ0n) is 12.8. The molecule has 0 aromatic rings. The van der Waals surface area contributed by atoms with Crippen LogP contribution in [0.3, 0.4) is 0 Å². The first-order valence-electron chi connectivity index (χ1n) is 7.72. The highest BCUT2D eigenvalue weighted by molar-refractivity contribution is 5.74. The van der Waals surface area contributed by atoms with Crippen LogP contribution in [-0.2, 0) is 4.79 Å². The number of aliphatic carboxylic acids is 1. The minimum Gasteiger partial charge on any atom is -0.481 e. The number of rotatable bonds is 11. The van der Waals surface area contributed by atoms with Crippen molar-refractivity contribution in [2.24, 2.45) is 11.3 Å². The molecule has 2 heteroatoms. The van der Waals surface area contributed by atoms with Crippen molar-refractivity contribution in [3.63, 3.8) is 0 Å². The predicted octanol–water partition coefficient (Wildman–Crippen LogP) is 5.26. The lowest BCUT2D eigenvalue weighted by Gasteiger charge is -2.30. The van der Waals surface area contributed by atoms with Crippen LogP contribution in [-0.4, -0.2) is 11.1 Å². The highest BCUT2D eigenvalue weighted by Crippen LogP contribution is 2.34. The van der Waals surface area contributed by atoms with Crippen molar-refractivity contribution >= 4 is 5.97 Å². The molecule has 0 amide bonds. The van der Waals surface area contributed by atoms with Gasteiger partial charge in [0.2, 0.25) is 0 Å². The number of carboxylic acids is 1.